The van der Waals surface area contributed by atoms with Crippen molar-refractivity contribution in [2.45, 2.75) is 13.2 Å². The fourth-order valence-electron chi connectivity index (χ4n) is 1.63. The topological polar surface area (TPSA) is 35.2 Å². The molecule has 0 bridgehead atoms. The summed E-state index contributed by atoms with van der Waals surface area (Å²) in [6, 6.07) is 12.5. The van der Waals surface area contributed by atoms with E-state index in [1.807, 2.05) is 24.3 Å². The molecular formula is C14H13BrFNO. The van der Waals surface area contributed by atoms with E-state index in [1.54, 1.807) is 12.1 Å². The molecule has 2 rings (SSSR count). The lowest BCUT2D eigenvalue weighted by atomic mass is 10.1. The van der Waals surface area contributed by atoms with Crippen LogP contribution in [0.2, 0.25) is 0 Å². The van der Waals surface area contributed by atoms with E-state index in [-0.39, 0.29) is 5.82 Å². The molecule has 0 aliphatic carbocycles. The first kappa shape index (κ1) is 13.1. The minimum absolute atomic E-state index is 0.334. The summed E-state index contributed by atoms with van der Waals surface area (Å²) in [6.07, 6.45) is 0. The van der Waals surface area contributed by atoms with Crippen molar-refractivity contribution in [2.24, 2.45) is 5.73 Å². The van der Waals surface area contributed by atoms with Crippen LogP contribution in [-0.2, 0) is 13.2 Å². The Morgan fingerprint density at radius 1 is 1.11 bits per heavy atom. The zero-order valence-corrected chi connectivity index (χ0v) is 11.3. The fourth-order valence-corrected chi connectivity index (χ4v) is 1.87. The fraction of sp³-hybridized carbons (Fsp3) is 0.143. The molecule has 0 aromatic heterocycles. The molecular weight excluding hydrogens is 297 g/mol. The van der Waals surface area contributed by atoms with E-state index in [1.165, 1.54) is 6.07 Å². The Labute approximate surface area is 114 Å². The molecule has 0 aliphatic rings. The molecule has 0 saturated carbocycles. The van der Waals surface area contributed by atoms with E-state index < -0.39 is 0 Å². The lowest BCUT2D eigenvalue weighted by molar-refractivity contribution is 0.303. The van der Waals surface area contributed by atoms with Crippen LogP contribution in [0.4, 0.5) is 4.39 Å². The lowest BCUT2D eigenvalue weighted by Crippen LogP contribution is -2.04. The monoisotopic (exact) mass is 309 g/mol. The van der Waals surface area contributed by atoms with Crippen LogP contribution in [0.5, 0.6) is 5.75 Å². The first-order valence-corrected chi connectivity index (χ1v) is 6.34. The second-order valence-electron chi connectivity index (χ2n) is 3.84. The number of benzene rings is 2. The van der Waals surface area contributed by atoms with Crippen LogP contribution in [0.25, 0.3) is 0 Å². The molecule has 0 amide bonds. The summed E-state index contributed by atoms with van der Waals surface area (Å²) < 4.78 is 19.3. The van der Waals surface area contributed by atoms with Crippen molar-refractivity contribution in [3.63, 3.8) is 0 Å². The van der Waals surface area contributed by atoms with Gasteiger partial charge in [-0.1, -0.05) is 24.3 Å². The first-order valence-electron chi connectivity index (χ1n) is 5.55. The van der Waals surface area contributed by atoms with Crippen LogP contribution >= 0.6 is 15.9 Å². The Hall–Kier alpha value is -1.39. The largest absolute Gasteiger partial charge is 0.489 e. The van der Waals surface area contributed by atoms with Crippen molar-refractivity contribution in [3.05, 3.63) is 63.9 Å². The maximum absolute atomic E-state index is 13.3. The average molecular weight is 310 g/mol. The van der Waals surface area contributed by atoms with Gasteiger partial charge in [0, 0.05) is 12.6 Å². The van der Waals surface area contributed by atoms with Gasteiger partial charge in [0.25, 0.3) is 0 Å². The van der Waals surface area contributed by atoms with Gasteiger partial charge in [-0.25, -0.2) is 4.39 Å². The molecule has 0 aliphatic heterocycles. The molecule has 18 heavy (non-hydrogen) atoms. The molecule has 0 atom stereocenters. The maximum Gasteiger partial charge on any atom is 0.141 e. The number of hydrogen-bond donors (Lipinski definition) is 1. The molecule has 2 aromatic rings. The summed E-state index contributed by atoms with van der Waals surface area (Å²) in [6.45, 7) is 0.850. The minimum Gasteiger partial charge on any atom is -0.489 e. The quantitative estimate of drug-likeness (QED) is 0.936. The summed E-state index contributed by atoms with van der Waals surface area (Å²) in [5.74, 6) is 0.169. The Balaban J connectivity index is 2.09. The number of halogens is 2. The second-order valence-corrected chi connectivity index (χ2v) is 4.69. The summed E-state index contributed by atoms with van der Waals surface area (Å²) in [4.78, 5) is 0. The molecule has 94 valence electrons. The molecule has 2 nitrogen and oxygen atoms in total. The van der Waals surface area contributed by atoms with E-state index in [4.69, 9.17) is 10.5 Å². The summed E-state index contributed by atoms with van der Waals surface area (Å²) in [5.41, 5.74) is 7.70. The van der Waals surface area contributed by atoms with Crippen molar-refractivity contribution < 1.29 is 9.13 Å². The molecule has 2 aromatic carbocycles. The van der Waals surface area contributed by atoms with Gasteiger partial charge in [-0.2, -0.15) is 0 Å². The minimum atomic E-state index is -0.334. The van der Waals surface area contributed by atoms with Gasteiger partial charge in [-0.15, -0.1) is 0 Å². The molecule has 0 spiro atoms. The van der Waals surface area contributed by atoms with Crippen molar-refractivity contribution in [3.8, 4) is 5.75 Å². The number of rotatable bonds is 4. The van der Waals surface area contributed by atoms with Gasteiger partial charge in [0.2, 0.25) is 0 Å². The van der Waals surface area contributed by atoms with Crippen molar-refractivity contribution in [2.75, 3.05) is 0 Å². The zero-order chi connectivity index (χ0) is 13.0. The Kier molecular flexibility index (Phi) is 4.33. The Morgan fingerprint density at radius 2 is 1.83 bits per heavy atom. The van der Waals surface area contributed by atoms with Crippen molar-refractivity contribution >= 4 is 15.9 Å². The predicted molar refractivity (Wildman–Crippen MR) is 72.8 cm³/mol. The highest BCUT2D eigenvalue weighted by Crippen LogP contribution is 2.22. The first-order chi connectivity index (χ1) is 8.70. The van der Waals surface area contributed by atoms with E-state index in [0.717, 1.165) is 11.1 Å². The van der Waals surface area contributed by atoms with Crippen LogP contribution in [0.15, 0.2) is 46.9 Å². The molecule has 4 heteroatoms. The Morgan fingerprint density at radius 3 is 2.50 bits per heavy atom. The highest BCUT2D eigenvalue weighted by molar-refractivity contribution is 9.10. The van der Waals surface area contributed by atoms with Gasteiger partial charge in [0.15, 0.2) is 0 Å². The van der Waals surface area contributed by atoms with Gasteiger partial charge < -0.3 is 10.5 Å². The van der Waals surface area contributed by atoms with Crippen molar-refractivity contribution in [1.82, 2.24) is 0 Å². The molecule has 0 fully saturated rings. The summed E-state index contributed by atoms with van der Waals surface area (Å²) >= 11 is 3.10. The Bertz CT molecular complexity index is 545. The van der Waals surface area contributed by atoms with E-state index in [0.29, 0.717) is 23.4 Å². The van der Waals surface area contributed by atoms with Crippen LogP contribution in [-0.4, -0.2) is 0 Å². The molecule has 0 radical (unpaired) electrons. The van der Waals surface area contributed by atoms with E-state index >= 15 is 0 Å². The smallest absolute Gasteiger partial charge is 0.141 e. The van der Waals surface area contributed by atoms with Gasteiger partial charge in [0.05, 0.1) is 4.47 Å². The van der Waals surface area contributed by atoms with Gasteiger partial charge >= 0.3 is 0 Å². The zero-order valence-electron chi connectivity index (χ0n) is 9.70. The maximum atomic E-state index is 13.3. The van der Waals surface area contributed by atoms with Crippen LogP contribution in [0.3, 0.4) is 0 Å². The molecule has 2 N–H and O–H groups in total. The van der Waals surface area contributed by atoms with Crippen LogP contribution in [0, 0.1) is 5.82 Å². The van der Waals surface area contributed by atoms with Gasteiger partial charge in [-0.3, -0.25) is 0 Å². The standard InChI is InChI=1S/C14H13BrFNO/c15-13-6-5-12(7-14(13)16)18-9-11-4-2-1-3-10(11)8-17/h1-7H,8-9,17H2. The number of nitrogens with two attached hydrogens (primary N) is 1. The van der Waals surface area contributed by atoms with Gasteiger partial charge in [0.1, 0.15) is 18.2 Å². The molecule has 0 heterocycles. The van der Waals surface area contributed by atoms with E-state index in [9.17, 15) is 4.39 Å². The van der Waals surface area contributed by atoms with Crippen molar-refractivity contribution in [1.29, 1.82) is 0 Å². The highest BCUT2D eigenvalue weighted by atomic mass is 79.9. The third-order valence-corrected chi connectivity index (χ3v) is 3.27. The summed E-state index contributed by atoms with van der Waals surface area (Å²) in [7, 11) is 0. The third kappa shape index (κ3) is 3.09. The SMILES string of the molecule is NCc1ccccc1COc1ccc(Br)c(F)c1. The predicted octanol–water partition coefficient (Wildman–Crippen LogP) is 3.63. The van der Waals surface area contributed by atoms with Crippen LogP contribution in [0.1, 0.15) is 11.1 Å². The van der Waals surface area contributed by atoms with Gasteiger partial charge in [-0.05, 0) is 39.2 Å². The number of ether oxygens (including phenoxy) is 1. The second kappa shape index (κ2) is 5.98. The average Bonchev–Trinajstić information content (AvgIpc) is 2.40. The van der Waals surface area contributed by atoms with Crippen LogP contribution < -0.4 is 10.5 Å². The highest BCUT2D eigenvalue weighted by Gasteiger charge is 2.04. The molecule has 0 unspecified atom stereocenters. The third-order valence-electron chi connectivity index (χ3n) is 2.62. The normalized spacial score (nSPS) is 10.4. The summed E-state index contributed by atoms with van der Waals surface area (Å²) in [5, 5.41) is 0. The van der Waals surface area contributed by atoms with E-state index in [2.05, 4.69) is 15.9 Å². The lowest BCUT2D eigenvalue weighted by Gasteiger charge is -2.10. The number of hydrogen-bond acceptors (Lipinski definition) is 2. The molecule has 0 saturated heterocycles.